The zero-order chi connectivity index (χ0) is 18.8. The van der Waals surface area contributed by atoms with Gasteiger partial charge in [-0.3, -0.25) is 4.99 Å². The molecule has 152 valence electrons. The summed E-state index contributed by atoms with van der Waals surface area (Å²) >= 11 is 0. The van der Waals surface area contributed by atoms with Crippen LogP contribution in [0.3, 0.4) is 0 Å². The molecule has 1 aliphatic heterocycles. The van der Waals surface area contributed by atoms with E-state index in [0.717, 1.165) is 37.8 Å². The highest BCUT2D eigenvalue weighted by Gasteiger charge is 2.23. The Balaban J connectivity index is 0.00000364. The minimum absolute atomic E-state index is 0. The summed E-state index contributed by atoms with van der Waals surface area (Å²) in [4.78, 5) is 20.1. The van der Waals surface area contributed by atoms with Crippen LogP contribution >= 0.6 is 24.0 Å². The van der Waals surface area contributed by atoms with Crippen LogP contribution in [0.1, 0.15) is 19.4 Å². The van der Waals surface area contributed by atoms with Gasteiger partial charge in [-0.1, -0.05) is 18.2 Å². The predicted molar refractivity (Wildman–Crippen MR) is 118 cm³/mol. The maximum absolute atomic E-state index is 11.8. The number of carbonyl (C=O) groups is 1. The molecular weight excluding hydrogens is 459 g/mol. The summed E-state index contributed by atoms with van der Waals surface area (Å²) in [6, 6.07) is 8.11. The monoisotopic (exact) mass is 490 g/mol. The molecule has 1 fully saturated rings. The Morgan fingerprint density at radius 3 is 2.41 bits per heavy atom. The lowest BCUT2D eigenvalue weighted by atomic mass is 10.1. The maximum Gasteiger partial charge on any atom is 0.409 e. The molecule has 0 saturated carbocycles. The number of ether oxygens (including phenoxy) is 2. The molecule has 1 amide bonds. The minimum Gasteiger partial charge on any atom is -0.494 e. The molecule has 27 heavy (non-hydrogen) atoms. The van der Waals surface area contributed by atoms with Crippen molar-refractivity contribution < 1.29 is 14.3 Å². The van der Waals surface area contributed by atoms with Crippen LogP contribution in [-0.4, -0.2) is 74.8 Å². The molecule has 2 rings (SSSR count). The summed E-state index contributed by atoms with van der Waals surface area (Å²) in [6.45, 7) is 8.44. The van der Waals surface area contributed by atoms with Gasteiger partial charge in [0.05, 0.1) is 13.2 Å². The number of aliphatic imine (C=N–C) groups is 1. The average molecular weight is 490 g/mol. The van der Waals surface area contributed by atoms with Crippen LogP contribution in [-0.2, 0) is 11.2 Å². The molecule has 8 heteroatoms. The Labute approximate surface area is 179 Å². The minimum atomic E-state index is -0.234. The number of carbonyl (C=O) groups excluding carboxylic acids is 1. The Kier molecular flexibility index (Phi) is 10.9. The highest BCUT2D eigenvalue weighted by atomic mass is 127. The molecule has 0 bridgehead atoms. The van der Waals surface area contributed by atoms with E-state index in [1.165, 1.54) is 5.56 Å². The van der Waals surface area contributed by atoms with Gasteiger partial charge >= 0.3 is 6.09 Å². The number of nitrogens with zero attached hydrogens (tertiary/aromatic N) is 3. The number of amides is 1. The number of guanidine groups is 1. The standard InChI is InChI=1S/C19H30N4O3.HI/c1-4-25-17-9-7-6-8-16(17)10-11-21-18(20-3)22-12-14-23(15-13-22)19(24)26-5-2;/h6-9H,4-5,10-15H2,1-3H3,(H,20,21);1H. The second-order valence-corrected chi connectivity index (χ2v) is 5.94. The van der Waals surface area contributed by atoms with E-state index in [1.54, 1.807) is 11.9 Å². The molecule has 0 spiro atoms. The highest BCUT2D eigenvalue weighted by molar-refractivity contribution is 14.0. The van der Waals surface area contributed by atoms with E-state index in [-0.39, 0.29) is 30.1 Å². The molecule has 1 aromatic carbocycles. The first kappa shape index (κ1) is 23.3. The quantitative estimate of drug-likeness (QED) is 0.378. The van der Waals surface area contributed by atoms with E-state index in [9.17, 15) is 4.79 Å². The van der Waals surface area contributed by atoms with Crippen molar-refractivity contribution in [3.05, 3.63) is 29.8 Å². The van der Waals surface area contributed by atoms with Crippen molar-refractivity contribution in [1.29, 1.82) is 0 Å². The highest BCUT2D eigenvalue weighted by Crippen LogP contribution is 2.18. The van der Waals surface area contributed by atoms with Gasteiger partial charge in [-0.15, -0.1) is 24.0 Å². The number of rotatable bonds is 6. The number of nitrogens with one attached hydrogen (secondary N) is 1. The number of halogens is 1. The van der Waals surface area contributed by atoms with E-state index >= 15 is 0 Å². The van der Waals surface area contributed by atoms with E-state index in [1.807, 2.05) is 32.0 Å². The van der Waals surface area contributed by atoms with Crippen molar-refractivity contribution in [2.45, 2.75) is 20.3 Å². The second-order valence-electron chi connectivity index (χ2n) is 5.94. The first-order chi connectivity index (χ1) is 12.7. The molecule has 0 aromatic heterocycles. The van der Waals surface area contributed by atoms with E-state index in [0.29, 0.717) is 26.3 Å². The van der Waals surface area contributed by atoms with Crippen molar-refractivity contribution in [1.82, 2.24) is 15.1 Å². The Morgan fingerprint density at radius 2 is 1.78 bits per heavy atom. The smallest absolute Gasteiger partial charge is 0.409 e. The summed E-state index contributed by atoms with van der Waals surface area (Å²) in [5, 5.41) is 3.41. The van der Waals surface area contributed by atoms with Gasteiger partial charge in [-0.05, 0) is 31.9 Å². The van der Waals surface area contributed by atoms with Crippen molar-refractivity contribution in [2.75, 3.05) is 53.0 Å². The molecule has 0 radical (unpaired) electrons. The topological polar surface area (TPSA) is 66.4 Å². The summed E-state index contributed by atoms with van der Waals surface area (Å²) in [5.74, 6) is 1.80. The lowest BCUT2D eigenvalue weighted by Gasteiger charge is -2.35. The summed E-state index contributed by atoms with van der Waals surface area (Å²) in [5.41, 5.74) is 1.18. The van der Waals surface area contributed by atoms with Crippen LogP contribution in [0.15, 0.2) is 29.3 Å². The zero-order valence-corrected chi connectivity index (χ0v) is 18.8. The van der Waals surface area contributed by atoms with Gasteiger partial charge in [0.25, 0.3) is 0 Å². The first-order valence-electron chi connectivity index (χ1n) is 9.27. The Bertz CT molecular complexity index is 604. The first-order valence-corrected chi connectivity index (χ1v) is 9.27. The summed E-state index contributed by atoms with van der Waals surface area (Å²) in [7, 11) is 1.79. The van der Waals surface area contributed by atoms with Gasteiger partial charge in [0.15, 0.2) is 5.96 Å². The lowest BCUT2D eigenvalue weighted by Crippen LogP contribution is -2.54. The molecule has 0 atom stereocenters. The van der Waals surface area contributed by atoms with Crippen LogP contribution < -0.4 is 10.1 Å². The molecule has 0 unspecified atom stereocenters. The molecule has 1 heterocycles. The third-order valence-electron chi connectivity index (χ3n) is 4.27. The van der Waals surface area contributed by atoms with Crippen LogP contribution in [0.5, 0.6) is 5.75 Å². The normalized spacial score (nSPS) is 14.4. The fourth-order valence-corrected chi connectivity index (χ4v) is 2.96. The van der Waals surface area contributed by atoms with E-state index in [2.05, 4.69) is 21.3 Å². The fraction of sp³-hybridized carbons (Fsp3) is 0.579. The maximum atomic E-state index is 11.8. The Morgan fingerprint density at radius 1 is 1.11 bits per heavy atom. The van der Waals surface area contributed by atoms with Gasteiger partial charge in [-0.2, -0.15) is 0 Å². The van der Waals surface area contributed by atoms with Gasteiger partial charge in [-0.25, -0.2) is 4.79 Å². The Hall–Kier alpha value is -1.71. The molecule has 1 saturated heterocycles. The number of benzene rings is 1. The fourth-order valence-electron chi connectivity index (χ4n) is 2.96. The molecule has 0 aliphatic carbocycles. The molecule has 1 N–H and O–H groups in total. The van der Waals surface area contributed by atoms with Gasteiger partial charge < -0.3 is 24.6 Å². The largest absolute Gasteiger partial charge is 0.494 e. The SMILES string of the molecule is CCOC(=O)N1CCN(C(=NC)NCCc2ccccc2OCC)CC1.I. The van der Waals surface area contributed by atoms with Gasteiger partial charge in [0, 0.05) is 39.8 Å². The van der Waals surface area contributed by atoms with Crippen LogP contribution in [0.4, 0.5) is 4.79 Å². The van der Waals surface area contributed by atoms with Crippen molar-refractivity contribution in [2.24, 2.45) is 4.99 Å². The van der Waals surface area contributed by atoms with Gasteiger partial charge in [0.2, 0.25) is 0 Å². The third-order valence-corrected chi connectivity index (χ3v) is 4.27. The molecule has 1 aliphatic rings. The van der Waals surface area contributed by atoms with Crippen molar-refractivity contribution >= 4 is 36.0 Å². The predicted octanol–water partition coefficient (Wildman–Crippen LogP) is 2.60. The summed E-state index contributed by atoms with van der Waals surface area (Å²) < 4.78 is 10.7. The van der Waals surface area contributed by atoms with Crippen LogP contribution in [0.25, 0.3) is 0 Å². The zero-order valence-electron chi connectivity index (χ0n) is 16.4. The number of para-hydroxylation sites is 1. The number of hydrogen-bond donors (Lipinski definition) is 1. The summed E-state index contributed by atoms with van der Waals surface area (Å²) in [6.07, 6.45) is 0.625. The average Bonchev–Trinajstić information content (AvgIpc) is 2.67. The van der Waals surface area contributed by atoms with E-state index < -0.39 is 0 Å². The number of piperazine rings is 1. The molecule has 7 nitrogen and oxygen atoms in total. The van der Waals surface area contributed by atoms with Crippen LogP contribution in [0, 0.1) is 0 Å². The lowest BCUT2D eigenvalue weighted by molar-refractivity contribution is 0.0915. The van der Waals surface area contributed by atoms with Crippen molar-refractivity contribution in [3.63, 3.8) is 0 Å². The molecular formula is C19H31IN4O3. The second kappa shape index (κ2) is 12.6. The van der Waals surface area contributed by atoms with Gasteiger partial charge in [0.1, 0.15) is 5.75 Å². The molecule has 1 aromatic rings. The van der Waals surface area contributed by atoms with E-state index in [4.69, 9.17) is 9.47 Å². The number of hydrogen-bond acceptors (Lipinski definition) is 4. The third kappa shape index (κ3) is 7.08. The van der Waals surface area contributed by atoms with Crippen LogP contribution in [0.2, 0.25) is 0 Å². The van der Waals surface area contributed by atoms with Crippen molar-refractivity contribution in [3.8, 4) is 5.75 Å².